The second-order valence-electron chi connectivity index (χ2n) is 6.36. The van der Waals surface area contributed by atoms with Gasteiger partial charge in [-0.2, -0.15) is 5.26 Å². The predicted molar refractivity (Wildman–Crippen MR) is 71.4 cm³/mol. The second-order valence-corrected chi connectivity index (χ2v) is 11.3. The fourth-order valence-electron chi connectivity index (χ4n) is 3.13. The van der Waals surface area contributed by atoms with Gasteiger partial charge in [0.2, 0.25) is 0 Å². The van der Waals surface area contributed by atoms with Crippen LogP contribution in [0.5, 0.6) is 0 Å². The Morgan fingerprint density at radius 3 is 2.72 bits per heavy atom. The average molecular weight is 261 g/mol. The van der Waals surface area contributed by atoms with E-state index in [1.807, 2.05) is 25.7 Å². The molecule has 96 valence electrons. The number of hydrogen-bond acceptors (Lipinski definition) is 3. The van der Waals surface area contributed by atoms with Gasteiger partial charge >= 0.3 is 0 Å². The van der Waals surface area contributed by atoms with Crippen molar-refractivity contribution in [3.63, 3.8) is 0 Å². The van der Waals surface area contributed by atoms with Crippen molar-refractivity contribution >= 4 is 19.3 Å². The molecule has 3 nitrogen and oxygen atoms in total. The van der Waals surface area contributed by atoms with E-state index in [0.717, 1.165) is 12.8 Å². The van der Waals surface area contributed by atoms with E-state index in [9.17, 15) is 14.9 Å². The Bertz CT molecular complexity index is 481. The van der Waals surface area contributed by atoms with E-state index in [0.29, 0.717) is 18.4 Å². The van der Waals surface area contributed by atoms with Gasteiger partial charge in [0.25, 0.3) is 0 Å². The highest BCUT2D eigenvalue weighted by Gasteiger charge is 2.56. The SMILES string of the molecule is C[Si](C)(C)C(=O)C1=CCC2CCCC(=O)C12C#N. The summed E-state index contributed by atoms with van der Waals surface area (Å²) in [4.78, 5) is 24.8. The number of nitrogens with zero attached hydrogens (tertiary/aromatic N) is 1. The van der Waals surface area contributed by atoms with Crippen LogP contribution in [0, 0.1) is 22.7 Å². The first-order valence-electron chi connectivity index (χ1n) is 6.54. The minimum atomic E-state index is -2.01. The van der Waals surface area contributed by atoms with Crippen molar-refractivity contribution in [3.05, 3.63) is 11.6 Å². The van der Waals surface area contributed by atoms with Crippen LogP contribution in [0.1, 0.15) is 25.7 Å². The van der Waals surface area contributed by atoms with E-state index in [1.165, 1.54) is 0 Å². The largest absolute Gasteiger partial charge is 0.300 e. The Morgan fingerprint density at radius 2 is 2.17 bits per heavy atom. The summed E-state index contributed by atoms with van der Waals surface area (Å²) in [6.45, 7) is 5.92. The molecule has 2 rings (SSSR count). The van der Waals surface area contributed by atoms with Crippen LogP contribution in [0.3, 0.4) is 0 Å². The van der Waals surface area contributed by atoms with Crippen molar-refractivity contribution in [1.82, 2.24) is 0 Å². The van der Waals surface area contributed by atoms with Crippen LogP contribution in [0.4, 0.5) is 0 Å². The maximum absolute atomic E-state index is 12.5. The molecule has 2 unspecified atom stereocenters. The average Bonchev–Trinajstić information content (AvgIpc) is 2.67. The molecule has 0 aromatic rings. The topological polar surface area (TPSA) is 57.9 Å². The first kappa shape index (κ1) is 13.2. The Kier molecular flexibility index (Phi) is 3.06. The van der Waals surface area contributed by atoms with Crippen molar-refractivity contribution < 1.29 is 9.59 Å². The van der Waals surface area contributed by atoms with Gasteiger partial charge in [-0.1, -0.05) is 25.7 Å². The molecule has 0 radical (unpaired) electrons. The van der Waals surface area contributed by atoms with Gasteiger partial charge in [0, 0.05) is 12.0 Å². The third-order valence-electron chi connectivity index (χ3n) is 4.14. The first-order valence-corrected chi connectivity index (χ1v) is 10.0. The third kappa shape index (κ3) is 1.69. The summed E-state index contributed by atoms with van der Waals surface area (Å²) in [5.74, 6) is 0.00986. The summed E-state index contributed by atoms with van der Waals surface area (Å²) in [5, 5.41) is 9.64. The maximum Gasteiger partial charge on any atom is 0.157 e. The molecule has 4 heteroatoms. The Hall–Kier alpha value is -1.21. The standard InChI is InChI=1S/C14H19NO2Si/c1-18(2,3)13(17)11-8-7-10-5-4-6-12(16)14(10,11)9-15/h8,10H,4-7H2,1-3H3. The van der Waals surface area contributed by atoms with E-state index in [4.69, 9.17) is 0 Å². The minimum absolute atomic E-state index is 0.0309. The quantitative estimate of drug-likeness (QED) is 0.718. The van der Waals surface area contributed by atoms with Crippen LogP contribution < -0.4 is 0 Å². The molecule has 0 amide bonds. The number of hydrogen-bond donors (Lipinski definition) is 0. The lowest BCUT2D eigenvalue weighted by atomic mass is 9.65. The third-order valence-corrected chi connectivity index (χ3v) is 5.77. The maximum atomic E-state index is 12.5. The Balaban J connectivity index is 2.47. The first-order chi connectivity index (χ1) is 8.34. The Morgan fingerprint density at radius 1 is 1.50 bits per heavy atom. The van der Waals surface area contributed by atoms with Crippen LogP contribution in [0.25, 0.3) is 0 Å². The van der Waals surface area contributed by atoms with E-state index < -0.39 is 13.5 Å². The zero-order valence-corrected chi connectivity index (χ0v) is 12.2. The number of rotatable bonds is 2. The number of carbonyl (C=O) groups excluding carboxylic acids is 2. The molecule has 0 aliphatic heterocycles. The van der Waals surface area contributed by atoms with Crippen molar-refractivity contribution in [2.75, 3.05) is 0 Å². The summed E-state index contributed by atoms with van der Waals surface area (Å²) in [7, 11) is -2.01. The van der Waals surface area contributed by atoms with Gasteiger partial charge < -0.3 is 4.79 Å². The molecule has 1 saturated carbocycles. The van der Waals surface area contributed by atoms with Gasteiger partial charge in [-0.3, -0.25) is 4.79 Å². The molecule has 0 heterocycles. The van der Waals surface area contributed by atoms with Crippen LogP contribution in [-0.4, -0.2) is 19.3 Å². The molecule has 2 aliphatic carbocycles. The van der Waals surface area contributed by atoms with Gasteiger partial charge in [0.15, 0.2) is 5.78 Å². The van der Waals surface area contributed by atoms with Gasteiger partial charge in [-0.25, -0.2) is 0 Å². The Labute approximate surface area is 109 Å². The number of allylic oxidation sites excluding steroid dienone is 2. The molecule has 1 fully saturated rings. The summed E-state index contributed by atoms with van der Waals surface area (Å²) in [5.41, 5.74) is -0.575. The summed E-state index contributed by atoms with van der Waals surface area (Å²) >= 11 is 0. The van der Waals surface area contributed by atoms with Gasteiger partial charge in [-0.05, 0) is 25.2 Å². The number of fused-ring (bicyclic) bond motifs is 1. The number of Topliss-reactive ketones (excluding diaryl/α,β-unsaturated/α-hetero) is 1. The van der Waals surface area contributed by atoms with Crippen molar-refractivity contribution in [2.24, 2.45) is 11.3 Å². The van der Waals surface area contributed by atoms with E-state index >= 15 is 0 Å². The lowest BCUT2D eigenvalue weighted by Gasteiger charge is -2.35. The lowest BCUT2D eigenvalue weighted by molar-refractivity contribution is -0.129. The smallest absolute Gasteiger partial charge is 0.157 e. The molecule has 2 aliphatic rings. The molecule has 2 atom stereocenters. The molecule has 18 heavy (non-hydrogen) atoms. The zero-order chi connectivity index (χ0) is 13.6. The molecule has 0 aromatic carbocycles. The molecule has 0 spiro atoms. The lowest BCUT2D eigenvalue weighted by Crippen LogP contribution is -2.46. The minimum Gasteiger partial charge on any atom is -0.300 e. The molecular weight excluding hydrogens is 242 g/mol. The summed E-state index contributed by atoms with van der Waals surface area (Å²) < 4.78 is 0. The van der Waals surface area contributed by atoms with Crippen LogP contribution in [0.2, 0.25) is 19.6 Å². The fourth-order valence-corrected chi connectivity index (χ4v) is 4.23. The molecular formula is C14H19NO2Si. The summed E-state index contributed by atoms with van der Waals surface area (Å²) in [6, 6.07) is 2.22. The highest BCUT2D eigenvalue weighted by atomic mass is 28.3. The van der Waals surface area contributed by atoms with E-state index in [2.05, 4.69) is 6.07 Å². The van der Waals surface area contributed by atoms with E-state index in [1.54, 1.807) is 0 Å². The van der Waals surface area contributed by atoms with Crippen molar-refractivity contribution in [1.29, 1.82) is 5.26 Å². The van der Waals surface area contributed by atoms with E-state index in [-0.39, 0.29) is 17.1 Å². The second kappa shape index (κ2) is 4.17. The number of carbonyl (C=O) groups is 2. The number of ketones is 1. The predicted octanol–water partition coefficient (Wildman–Crippen LogP) is 2.64. The normalized spacial score (nSPS) is 31.6. The highest BCUT2D eigenvalue weighted by molar-refractivity contribution is 7.05. The monoisotopic (exact) mass is 261 g/mol. The van der Waals surface area contributed by atoms with Gasteiger partial charge in [0.1, 0.15) is 18.9 Å². The highest BCUT2D eigenvalue weighted by Crippen LogP contribution is 2.51. The molecule has 0 aromatic heterocycles. The molecule has 0 bridgehead atoms. The van der Waals surface area contributed by atoms with Crippen LogP contribution in [-0.2, 0) is 9.59 Å². The van der Waals surface area contributed by atoms with Gasteiger partial charge in [0.05, 0.1) is 6.07 Å². The zero-order valence-electron chi connectivity index (χ0n) is 11.2. The van der Waals surface area contributed by atoms with Gasteiger partial charge in [-0.15, -0.1) is 0 Å². The van der Waals surface area contributed by atoms with Crippen LogP contribution in [0.15, 0.2) is 11.6 Å². The summed E-state index contributed by atoms with van der Waals surface area (Å²) in [6.07, 6.45) is 4.77. The van der Waals surface area contributed by atoms with Crippen LogP contribution >= 0.6 is 0 Å². The fraction of sp³-hybridized carbons (Fsp3) is 0.643. The molecule has 0 N–H and O–H groups in total. The van der Waals surface area contributed by atoms with Crippen molar-refractivity contribution in [3.8, 4) is 6.07 Å². The van der Waals surface area contributed by atoms with Crippen molar-refractivity contribution in [2.45, 2.75) is 45.3 Å². The molecule has 0 saturated heterocycles. The number of nitriles is 1.